The molecule has 0 saturated heterocycles. The van der Waals surface area contributed by atoms with Crippen molar-refractivity contribution >= 4 is 33.6 Å². The fraction of sp³-hybridized carbons (Fsp3) is 0. The quantitative estimate of drug-likeness (QED) is 0.692. The molecule has 0 aliphatic rings. The maximum Gasteiger partial charge on any atom is 0.333 e. The highest BCUT2D eigenvalue weighted by Gasteiger charge is 2.25. The van der Waals surface area contributed by atoms with Gasteiger partial charge in [-0.15, -0.1) is 0 Å². The molecule has 0 fully saturated rings. The van der Waals surface area contributed by atoms with E-state index in [1.165, 1.54) is 6.20 Å². The van der Waals surface area contributed by atoms with Crippen molar-refractivity contribution in [2.45, 2.75) is 5.22 Å². The monoisotopic (exact) mass is 216 g/mol. The third-order valence-electron chi connectivity index (χ3n) is 0.812. The van der Waals surface area contributed by atoms with Crippen molar-refractivity contribution in [1.29, 1.82) is 0 Å². The van der Waals surface area contributed by atoms with Crippen LogP contribution >= 0.6 is 23.6 Å². The van der Waals surface area contributed by atoms with E-state index in [4.69, 9.17) is 23.6 Å². The second kappa shape index (κ2) is 2.98. The molecular formula is C3H2Cl2N2O3S. The Morgan fingerprint density at radius 3 is 2.55 bits per heavy atom. The summed E-state index contributed by atoms with van der Waals surface area (Å²) in [6.45, 7) is 0. The Bertz CT molecular complexity index is 318. The normalized spacial score (nSPS) is 12.3. The number of hydrogen-bond donors (Lipinski definition) is 0. The summed E-state index contributed by atoms with van der Waals surface area (Å²) in [5.74, 6) is 0. The molecule has 62 valence electrons. The third-order valence-corrected chi connectivity index (χ3v) is 2.91. The molecule has 0 saturated carbocycles. The zero-order valence-corrected chi connectivity index (χ0v) is 7.27. The predicted molar refractivity (Wildman–Crippen MR) is 37.2 cm³/mol. The molecule has 0 amide bonds. The van der Waals surface area contributed by atoms with Crippen LogP contribution in [0.5, 0.6) is 0 Å². The Labute approximate surface area is 72.8 Å². The molecule has 1 aromatic heterocycles. The average Bonchev–Trinajstić information content (AvgIpc) is 2.37. The Hall–Kier alpha value is -0.300. The van der Waals surface area contributed by atoms with E-state index in [2.05, 4.69) is 9.40 Å². The summed E-state index contributed by atoms with van der Waals surface area (Å²) in [4.78, 5) is 3.34. The van der Waals surface area contributed by atoms with Crippen LogP contribution in [0.1, 0.15) is 0 Å². The van der Waals surface area contributed by atoms with Gasteiger partial charge in [0.2, 0.25) is 0 Å². The van der Waals surface area contributed by atoms with Crippen LogP contribution in [0.25, 0.3) is 0 Å². The molecule has 0 spiro atoms. The van der Waals surface area contributed by atoms with Crippen molar-refractivity contribution in [3.63, 3.8) is 0 Å². The van der Waals surface area contributed by atoms with E-state index in [0.29, 0.717) is 0 Å². The summed E-state index contributed by atoms with van der Waals surface area (Å²) < 4.78 is 26.2. The molecule has 0 atom stereocenters. The summed E-state index contributed by atoms with van der Waals surface area (Å²) in [6.07, 6.45) is 2.27. The second-order valence-electron chi connectivity index (χ2n) is 1.47. The highest BCUT2D eigenvalue weighted by molar-refractivity contribution is 7.90. The highest BCUT2D eigenvalue weighted by atomic mass is 35.5. The van der Waals surface area contributed by atoms with Gasteiger partial charge < -0.3 is 4.42 Å². The fourth-order valence-corrected chi connectivity index (χ4v) is 1.24. The van der Waals surface area contributed by atoms with Crippen LogP contribution < -0.4 is 0 Å². The molecule has 8 heteroatoms. The first-order valence-electron chi connectivity index (χ1n) is 2.31. The van der Waals surface area contributed by atoms with Crippen LogP contribution in [0.4, 0.5) is 0 Å². The number of oxazole rings is 1. The zero-order valence-electron chi connectivity index (χ0n) is 4.94. The van der Waals surface area contributed by atoms with Crippen molar-refractivity contribution < 1.29 is 12.8 Å². The van der Waals surface area contributed by atoms with Gasteiger partial charge in [-0.3, -0.25) is 0 Å². The second-order valence-corrected chi connectivity index (χ2v) is 4.39. The largest absolute Gasteiger partial charge is 0.436 e. The van der Waals surface area contributed by atoms with Crippen LogP contribution in [0.15, 0.2) is 22.1 Å². The van der Waals surface area contributed by atoms with Crippen molar-refractivity contribution in [2.75, 3.05) is 0 Å². The summed E-state index contributed by atoms with van der Waals surface area (Å²) in [5.41, 5.74) is 0. The van der Waals surface area contributed by atoms with Crippen molar-refractivity contribution in [1.82, 2.24) is 8.33 Å². The molecule has 1 heterocycles. The van der Waals surface area contributed by atoms with Crippen molar-refractivity contribution in [2.24, 2.45) is 0 Å². The van der Waals surface area contributed by atoms with E-state index in [1.54, 1.807) is 0 Å². The smallest absolute Gasteiger partial charge is 0.333 e. The van der Waals surface area contributed by atoms with Gasteiger partial charge in [-0.1, -0.05) is 0 Å². The molecule has 0 N–H and O–H groups in total. The van der Waals surface area contributed by atoms with Gasteiger partial charge in [-0.25, -0.2) is 4.98 Å². The molecular weight excluding hydrogens is 215 g/mol. The van der Waals surface area contributed by atoms with E-state index in [0.717, 1.165) is 6.26 Å². The number of aromatic nitrogens is 1. The number of nitrogens with zero attached hydrogens (tertiary/aromatic N) is 2. The third kappa shape index (κ3) is 1.64. The number of sulfonamides is 1. The SMILES string of the molecule is O=S(=O)(c1ncco1)N(Cl)Cl. The molecule has 1 aromatic rings. The Morgan fingerprint density at radius 1 is 1.55 bits per heavy atom. The summed E-state index contributed by atoms with van der Waals surface area (Å²) in [6, 6.07) is 0. The molecule has 0 aliphatic carbocycles. The lowest BCUT2D eigenvalue weighted by Crippen LogP contribution is -2.12. The molecule has 0 bridgehead atoms. The molecule has 1 rings (SSSR count). The van der Waals surface area contributed by atoms with Gasteiger partial charge in [-0.2, -0.15) is 8.42 Å². The minimum Gasteiger partial charge on any atom is -0.436 e. The number of rotatable bonds is 2. The minimum atomic E-state index is -3.95. The van der Waals surface area contributed by atoms with Crippen LogP contribution in [0.2, 0.25) is 0 Å². The average molecular weight is 217 g/mol. The van der Waals surface area contributed by atoms with Gasteiger partial charge in [0.1, 0.15) is 6.26 Å². The van der Waals surface area contributed by atoms with E-state index >= 15 is 0 Å². The van der Waals surface area contributed by atoms with Crippen molar-refractivity contribution in [3.05, 3.63) is 12.5 Å². The molecule has 11 heavy (non-hydrogen) atoms. The summed E-state index contributed by atoms with van der Waals surface area (Å²) in [5, 5.41) is -0.539. The first kappa shape index (κ1) is 8.79. The lowest BCUT2D eigenvalue weighted by atomic mass is 11.0. The van der Waals surface area contributed by atoms with Crippen LogP contribution in [0, 0.1) is 0 Å². The number of hydrogen-bond acceptors (Lipinski definition) is 4. The first-order valence-corrected chi connectivity index (χ1v) is 4.43. The van der Waals surface area contributed by atoms with E-state index in [1.807, 2.05) is 0 Å². The maximum atomic E-state index is 10.9. The van der Waals surface area contributed by atoms with E-state index < -0.39 is 15.2 Å². The molecule has 0 radical (unpaired) electrons. The van der Waals surface area contributed by atoms with Gasteiger partial charge in [0.25, 0.3) is 0 Å². The van der Waals surface area contributed by atoms with E-state index in [9.17, 15) is 8.42 Å². The number of halogens is 2. The summed E-state index contributed by atoms with van der Waals surface area (Å²) >= 11 is 9.94. The first-order chi connectivity index (χ1) is 5.05. The van der Waals surface area contributed by atoms with Gasteiger partial charge in [0.05, 0.1) is 6.20 Å². The standard InChI is InChI=1S/C3H2Cl2N2O3S/c4-7(5)11(8,9)3-6-1-2-10-3/h1-2H. The lowest BCUT2D eigenvalue weighted by Gasteiger charge is -1.99. The predicted octanol–water partition coefficient (Wildman–Crippen LogP) is 0.973. The van der Waals surface area contributed by atoms with Gasteiger partial charge in [0, 0.05) is 23.6 Å². The zero-order chi connectivity index (χ0) is 8.48. The molecule has 0 aliphatic heterocycles. The highest BCUT2D eigenvalue weighted by Crippen LogP contribution is 2.16. The molecule has 5 nitrogen and oxygen atoms in total. The van der Waals surface area contributed by atoms with Crippen LogP contribution in [0.3, 0.4) is 0 Å². The Kier molecular flexibility index (Phi) is 2.38. The lowest BCUT2D eigenvalue weighted by molar-refractivity contribution is 0.424. The fourth-order valence-electron chi connectivity index (χ4n) is 0.397. The van der Waals surface area contributed by atoms with E-state index in [-0.39, 0.29) is 3.34 Å². The minimum absolute atomic E-state index is 0.0150. The summed E-state index contributed by atoms with van der Waals surface area (Å²) in [7, 11) is -3.95. The van der Waals surface area contributed by atoms with Crippen LogP contribution in [-0.4, -0.2) is 16.7 Å². The van der Waals surface area contributed by atoms with Gasteiger partial charge in [-0.05, 0) is 3.34 Å². The van der Waals surface area contributed by atoms with Gasteiger partial charge in [0.15, 0.2) is 0 Å². The molecule has 0 aromatic carbocycles. The Morgan fingerprint density at radius 2 is 2.18 bits per heavy atom. The maximum absolute atomic E-state index is 10.9. The van der Waals surface area contributed by atoms with Gasteiger partial charge >= 0.3 is 15.2 Å². The van der Waals surface area contributed by atoms with Crippen molar-refractivity contribution in [3.8, 4) is 0 Å². The topological polar surface area (TPSA) is 63.4 Å². The molecule has 0 unspecified atom stereocenters. The Balaban J connectivity index is 3.12. The van der Waals surface area contributed by atoms with Crippen LogP contribution in [-0.2, 0) is 10.0 Å².